The second-order valence-electron chi connectivity index (χ2n) is 5.70. The summed E-state index contributed by atoms with van der Waals surface area (Å²) < 4.78 is 0. The average molecular weight is 315 g/mol. The Labute approximate surface area is 137 Å². The first kappa shape index (κ1) is 14.2. The van der Waals surface area contributed by atoms with E-state index in [-0.39, 0.29) is 5.57 Å². The lowest BCUT2D eigenvalue weighted by Gasteiger charge is -2.09. The number of nitrogens with two attached hydrogens (primary N) is 1. The van der Waals surface area contributed by atoms with Gasteiger partial charge in [-0.1, -0.05) is 54.6 Å². The van der Waals surface area contributed by atoms with Gasteiger partial charge in [-0.05, 0) is 38.6 Å². The van der Waals surface area contributed by atoms with Crippen LogP contribution in [0.25, 0.3) is 38.6 Å². The Bertz CT molecular complexity index is 1030. The first-order valence-corrected chi connectivity index (χ1v) is 7.48. The second kappa shape index (κ2) is 5.06. The van der Waals surface area contributed by atoms with Gasteiger partial charge in [0.15, 0.2) is 0 Å². The second-order valence-corrected chi connectivity index (χ2v) is 5.70. The molecule has 4 nitrogen and oxygen atoms in total. The molecule has 4 heteroatoms. The van der Waals surface area contributed by atoms with E-state index in [1.165, 1.54) is 0 Å². The summed E-state index contributed by atoms with van der Waals surface area (Å²) in [5, 5.41) is 11.3. The van der Waals surface area contributed by atoms with E-state index in [4.69, 9.17) is 5.73 Å². The van der Waals surface area contributed by atoms with Crippen LogP contribution in [-0.2, 0) is 9.59 Å². The minimum absolute atomic E-state index is 0.0952. The standard InChI is InChI=1S/C20H13NO3/c21-18(22)10-17(20(23)24)13-8-9-16-12-5-2-1-4-11(12)14-6-3-7-15(13)19(14)16/h1-10H,(H2,21,22)(H,23,24). The van der Waals surface area contributed by atoms with Crippen LogP contribution in [0.1, 0.15) is 5.56 Å². The molecule has 0 unspecified atom stereocenters. The monoisotopic (exact) mass is 315 g/mol. The predicted octanol–water partition coefficient (Wildman–Crippen LogP) is 3.44. The third-order valence-corrected chi connectivity index (χ3v) is 4.36. The fourth-order valence-corrected chi connectivity index (χ4v) is 3.44. The van der Waals surface area contributed by atoms with E-state index in [1.54, 1.807) is 6.07 Å². The van der Waals surface area contributed by atoms with Crippen LogP contribution in [0.4, 0.5) is 0 Å². The molecule has 3 aromatic rings. The van der Waals surface area contributed by atoms with Crippen molar-refractivity contribution in [2.45, 2.75) is 0 Å². The largest absolute Gasteiger partial charge is 0.478 e. The van der Waals surface area contributed by atoms with E-state index in [2.05, 4.69) is 12.1 Å². The summed E-state index contributed by atoms with van der Waals surface area (Å²) in [6.45, 7) is 0. The van der Waals surface area contributed by atoms with Crippen molar-refractivity contribution in [2.75, 3.05) is 0 Å². The first-order chi connectivity index (χ1) is 11.6. The molecule has 0 fully saturated rings. The van der Waals surface area contributed by atoms with Gasteiger partial charge in [0.2, 0.25) is 5.91 Å². The average Bonchev–Trinajstić information content (AvgIpc) is 2.90. The van der Waals surface area contributed by atoms with Crippen molar-refractivity contribution in [3.63, 3.8) is 0 Å². The number of carbonyl (C=O) groups is 2. The fourth-order valence-electron chi connectivity index (χ4n) is 3.44. The maximum atomic E-state index is 11.6. The fraction of sp³-hybridized carbons (Fsp3) is 0. The molecule has 0 heterocycles. The molecule has 0 saturated heterocycles. The zero-order chi connectivity index (χ0) is 16.8. The Morgan fingerprint density at radius 1 is 0.833 bits per heavy atom. The van der Waals surface area contributed by atoms with Crippen LogP contribution in [-0.4, -0.2) is 17.0 Å². The van der Waals surface area contributed by atoms with Crippen molar-refractivity contribution in [1.29, 1.82) is 0 Å². The van der Waals surface area contributed by atoms with Gasteiger partial charge in [-0.3, -0.25) is 4.79 Å². The van der Waals surface area contributed by atoms with Crippen molar-refractivity contribution < 1.29 is 14.7 Å². The number of benzene rings is 3. The number of primary amides is 1. The lowest BCUT2D eigenvalue weighted by Crippen LogP contribution is -2.10. The molecule has 116 valence electrons. The molecule has 0 bridgehead atoms. The highest BCUT2D eigenvalue weighted by molar-refractivity contribution is 6.26. The number of hydrogen-bond acceptors (Lipinski definition) is 2. The van der Waals surface area contributed by atoms with Crippen LogP contribution < -0.4 is 5.73 Å². The summed E-state index contributed by atoms with van der Waals surface area (Å²) >= 11 is 0. The van der Waals surface area contributed by atoms with Crippen molar-refractivity contribution in [3.8, 4) is 22.3 Å². The van der Waals surface area contributed by atoms with Gasteiger partial charge in [0, 0.05) is 6.08 Å². The number of fused-ring (bicyclic) bond motifs is 3. The van der Waals surface area contributed by atoms with Crippen LogP contribution in [0.5, 0.6) is 0 Å². The molecule has 24 heavy (non-hydrogen) atoms. The maximum absolute atomic E-state index is 11.6. The van der Waals surface area contributed by atoms with Crippen LogP contribution in [0.2, 0.25) is 0 Å². The minimum Gasteiger partial charge on any atom is -0.478 e. The molecule has 0 spiro atoms. The molecule has 0 aliphatic heterocycles. The van der Waals surface area contributed by atoms with Gasteiger partial charge >= 0.3 is 5.97 Å². The quantitative estimate of drug-likeness (QED) is 0.568. The van der Waals surface area contributed by atoms with Crippen molar-refractivity contribution in [1.82, 2.24) is 0 Å². The third kappa shape index (κ3) is 1.93. The molecule has 1 aliphatic carbocycles. The Morgan fingerprint density at radius 3 is 2.08 bits per heavy atom. The number of carboxylic acids is 1. The van der Waals surface area contributed by atoms with Crippen molar-refractivity contribution in [3.05, 3.63) is 66.2 Å². The topological polar surface area (TPSA) is 80.4 Å². The van der Waals surface area contributed by atoms with Gasteiger partial charge in [-0.15, -0.1) is 0 Å². The highest BCUT2D eigenvalue weighted by atomic mass is 16.4. The van der Waals surface area contributed by atoms with Gasteiger partial charge < -0.3 is 10.8 Å². The number of carbonyl (C=O) groups excluding carboxylic acids is 1. The Morgan fingerprint density at radius 2 is 1.46 bits per heavy atom. The van der Waals surface area contributed by atoms with E-state index in [0.29, 0.717) is 5.56 Å². The van der Waals surface area contributed by atoms with Crippen molar-refractivity contribution in [2.24, 2.45) is 5.73 Å². The van der Waals surface area contributed by atoms with E-state index in [1.807, 2.05) is 36.4 Å². The number of aliphatic carboxylic acids is 1. The molecular formula is C20H13NO3. The summed E-state index contributed by atoms with van der Waals surface area (Å²) in [5.74, 6) is -1.95. The predicted molar refractivity (Wildman–Crippen MR) is 93.2 cm³/mol. The normalized spacial score (nSPS) is 12.2. The number of amides is 1. The lowest BCUT2D eigenvalue weighted by molar-refractivity contribution is -0.130. The zero-order valence-electron chi connectivity index (χ0n) is 12.6. The Kier molecular flexibility index (Phi) is 3.00. The third-order valence-electron chi connectivity index (χ3n) is 4.36. The van der Waals surface area contributed by atoms with E-state index in [9.17, 15) is 14.7 Å². The minimum atomic E-state index is -1.18. The number of rotatable bonds is 3. The van der Waals surface area contributed by atoms with Crippen LogP contribution in [0.15, 0.2) is 60.7 Å². The lowest BCUT2D eigenvalue weighted by atomic mass is 9.94. The molecule has 3 aromatic carbocycles. The maximum Gasteiger partial charge on any atom is 0.336 e. The number of carboxylic acid groups (broad SMARTS) is 1. The van der Waals surface area contributed by atoms with Gasteiger partial charge in [0.1, 0.15) is 0 Å². The SMILES string of the molecule is NC(=O)C=C(C(=O)O)c1ccc2c3c(cccc13)-c1ccccc1-2. The zero-order valence-corrected chi connectivity index (χ0v) is 12.6. The molecular weight excluding hydrogens is 302 g/mol. The molecule has 1 aliphatic rings. The molecule has 0 saturated carbocycles. The molecule has 0 aromatic heterocycles. The summed E-state index contributed by atoms with van der Waals surface area (Å²) in [7, 11) is 0. The van der Waals surface area contributed by atoms with Gasteiger partial charge in [0.05, 0.1) is 5.57 Å². The van der Waals surface area contributed by atoms with Crippen LogP contribution in [0.3, 0.4) is 0 Å². The Hall–Kier alpha value is -3.40. The molecule has 1 amide bonds. The molecule has 4 rings (SSSR count). The summed E-state index contributed by atoms with van der Waals surface area (Å²) in [6.07, 6.45) is 0.967. The first-order valence-electron chi connectivity index (χ1n) is 7.48. The number of hydrogen-bond donors (Lipinski definition) is 2. The van der Waals surface area contributed by atoms with Gasteiger partial charge in [-0.2, -0.15) is 0 Å². The molecule has 3 N–H and O–H groups in total. The van der Waals surface area contributed by atoms with E-state index >= 15 is 0 Å². The highest BCUT2D eigenvalue weighted by Crippen LogP contribution is 2.48. The summed E-state index contributed by atoms with van der Waals surface area (Å²) in [6, 6.07) is 17.5. The van der Waals surface area contributed by atoms with E-state index in [0.717, 1.165) is 39.1 Å². The van der Waals surface area contributed by atoms with Crippen molar-refractivity contribution >= 4 is 28.2 Å². The van der Waals surface area contributed by atoms with Crippen LogP contribution >= 0.6 is 0 Å². The van der Waals surface area contributed by atoms with Gasteiger partial charge in [0.25, 0.3) is 0 Å². The van der Waals surface area contributed by atoms with Gasteiger partial charge in [-0.25, -0.2) is 4.79 Å². The summed E-state index contributed by atoms with van der Waals surface area (Å²) in [4.78, 5) is 22.8. The molecule has 0 radical (unpaired) electrons. The van der Waals surface area contributed by atoms with Crippen LogP contribution in [0, 0.1) is 0 Å². The Balaban J connectivity index is 2.09. The highest BCUT2D eigenvalue weighted by Gasteiger charge is 2.24. The molecule has 0 atom stereocenters. The summed E-state index contributed by atoms with van der Waals surface area (Å²) in [5.41, 5.74) is 9.98. The van der Waals surface area contributed by atoms with E-state index < -0.39 is 11.9 Å². The smallest absolute Gasteiger partial charge is 0.336 e.